The van der Waals surface area contributed by atoms with Crippen molar-refractivity contribution in [2.45, 2.75) is 50.2 Å². The summed E-state index contributed by atoms with van der Waals surface area (Å²) in [5.41, 5.74) is -0.915. The number of benzene rings is 2. The molecule has 0 amide bonds. The molecular formula is C34H32F3N5O3. The highest BCUT2D eigenvalue weighted by molar-refractivity contribution is 6.03. The molecule has 0 radical (unpaired) electrons. The summed E-state index contributed by atoms with van der Waals surface area (Å²) >= 11 is 0. The van der Waals surface area contributed by atoms with Gasteiger partial charge in [0.1, 0.15) is 35.2 Å². The first-order valence-electron chi connectivity index (χ1n) is 15.0. The number of phenolic OH excluding ortho intramolecular Hbond substituents is 1. The highest BCUT2D eigenvalue weighted by atomic mass is 19.1. The molecule has 232 valence electrons. The predicted octanol–water partition coefficient (Wildman–Crippen LogP) is 5.63. The molecule has 4 aromatic rings. The zero-order chi connectivity index (χ0) is 31.5. The van der Waals surface area contributed by atoms with Gasteiger partial charge in [-0.3, -0.25) is 9.88 Å². The third kappa shape index (κ3) is 5.02. The number of halogens is 3. The molecule has 2 N–H and O–H groups in total. The SMILES string of the molecule is C#Cc1c(F)ccc2cc(O)cc(-c3ncc4c(N5CCC[C@@](C)(O)C5)nc(OCC56CCCN5C/C(=C\F)C6)nc4c3F)c12. The fourth-order valence-corrected chi connectivity index (χ4v) is 7.32. The summed E-state index contributed by atoms with van der Waals surface area (Å²) in [6.45, 7) is 4.12. The van der Waals surface area contributed by atoms with Crippen LogP contribution in [0, 0.1) is 24.0 Å². The molecule has 2 atom stereocenters. The molecule has 0 saturated carbocycles. The Kier molecular flexibility index (Phi) is 7.10. The molecule has 0 spiro atoms. The highest BCUT2D eigenvalue weighted by Gasteiger charge is 2.47. The van der Waals surface area contributed by atoms with Crippen LogP contribution in [-0.4, -0.2) is 74.0 Å². The van der Waals surface area contributed by atoms with Crippen molar-refractivity contribution in [1.29, 1.82) is 0 Å². The van der Waals surface area contributed by atoms with Gasteiger partial charge < -0.3 is 19.8 Å². The first-order valence-corrected chi connectivity index (χ1v) is 15.0. The molecule has 0 bridgehead atoms. The minimum absolute atomic E-state index is 0.0613. The van der Waals surface area contributed by atoms with Crippen LogP contribution in [0.1, 0.15) is 44.6 Å². The zero-order valence-corrected chi connectivity index (χ0v) is 24.8. The number of hydrogen-bond acceptors (Lipinski definition) is 8. The number of aromatic nitrogens is 3. The van der Waals surface area contributed by atoms with E-state index in [0.717, 1.165) is 19.4 Å². The predicted molar refractivity (Wildman–Crippen MR) is 165 cm³/mol. The summed E-state index contributed by atoms with van der Waals surface area (Å²) in [5, 5.41) is 22.3. The average Bonchev–Trinajstić information content (AvgIpc) is 3.57. The number of nitrogens with zero attached hydrogens (tertiary/aromatic N) is 5. The van der Waals surface area contributed by atoms with Gasteiger partial charge in [0.15, 0.2) is 5.82 Å². The second-order valence-electron chi connectivity index (χ2n) is 12.7. The van der Waals surface area contributed by atoms with E-state index in [-0.39, 0.29) is 52.6 Å². The number of piperidine rings is 1. The molecule has 0 aliphatic carbocycles. The van der Waals surface area contributed by atoms with Crippen LogP contribution >= 0.6 is 0 Å². The maximum atomic E-state index is 16.7. The van der Waals surface area contributed by atoms with E-state index in [0.29, 0.717) is 60.8 Å². The van der Waals surface area contributed by atoms with Crippen LogP contribution < -0.4 is 9.64 Å². The molecule has 2 aromatic carbocycles. The second kappa shape index (κ2) is 10.9. The van der Waals surface area contributed by atoms with E-state index < -0.39 is 22.8 Å². The van der Waals surface area contributed by atoms with Gasteiger partial charge in [-0.05, 0) is 74.7 Å². The third-order valence-electron chi connectivity index (χ3n) is 9.38. The summed E-state index contributed by atoms with van der Waals surface area (Å²) in [4.78, 5) is 17.7. The van der Waals surface area contributed by atoms with Gasteiger partial charge in [0.25, 0.3) is 0 Å². The Hall–Kier alpha value is -4.40. The standard InChI is InChI=1S/C34H32F3N5O3/c1-3-23-26(36)7-6-21-12-22(43)13-24(27(21)23)29-28(37)30-25(16-38-29)31(41-10-4-8-33(2,44)18-41)40-32(39-30)45-19-34-9-5-11-42(34)17-20(14-34)15-35/h1,6-7,12-13,15-16,43-44H,4-5,8-11,14,17-19H2,2H3/b20-15-/t33-,34?/m1/s1. The number of terminal acetylenes is 1. The number of aromatic hydroxyl groups is 1. The van der Waals surface area contributed by atoms with Crippen LogP contribution in [0.15, 0.2) is 42.4 Å². The summed E-state index contributed by atoms with van der Waals surface area (Å²) in [7, 11) is 0. The van der Waals surface area contributed by atoms with Crippen molar-refractivity contribution >= 4 is 27.5 Å². The Morgan fingerprint density at radius 1 is 1.16 bits per heavy atom. The van der Waals surface area contributed by atoms with E-state index in [9.17, 15) is 19.0 Å². The van der Waals surface area contributed by atoms with Crippen molar-refractivity contribution in [3.63, 3.8) is 0 Å². The zero-order valence-electron chi connectivity index (χ0n) is 24.8. The van der Waals surface area contributed by atoms with Gasteiger partial charge in [-0.2, -0.15) is 9.97 Å². The van der Waals surface area contributed by atoms with Crippen molar-refractivity contribution in [1.82, 2.24) is 19.9 Å². The molecule has 1 unspecified atom stereocenters. The molecule has 11 heteroatoms. The number of hydrogen-bond donors (Lipinski definition) is 2. The van der Waals surface area contributed by atoms with Crippen molar-refractivity contribution < 1.29 is 28.1 Å². The van der Waals surface area contributed by atoms with Gasteiger partial charge in [0, 0.05) is 36.8 Å². The molecule has 3 aliphatic rings. The van der Waals surface area contributed by atoms with Gasteiger partial charge in [-0.1, -0.05) is 12.0 Å². The van der Waals surface area contributed by atoms with Crippen molar-refractivity contribution in [3.8, 4) is 35.4 Å². The van der Waals surface area contributed by atoms with Crippen LogP contribution in [0.25, 0.3) is 32.9 Å². The Morgan fingerprint density at radius 2 is 1.98 bits per heavy atom. The molecule has 3 fully saturated rings. The molecule has 3 saturated heterocycles. The maximum Gasteiger partial charge on any atom is 0.319 e. The van der Waals surface area contributed by atoms with Gasteiger partial charge in [0.05, 0.1) is 28.4 Å². The lowest BCUT2D eigenvalue weighted by Gasteiger charge is -2.38. The molecule has 3 aliphatic heterocycles. The number of pyridine rings is 1. The minimum Gasteiger partial charge on any atom is -0.508 e. The molecule has 7 rings (SSSR count). The van der Waals surface area contributed by atoms with Gasteiger partial charge in [-0.15, -0.1) is 6.42 Å². The Balaban J connectivity index is 1.38. The smallest absolute Gasteiger partial charge is 0.319 e. The average molecular weight is 616 g/mol. The number of fused-ring (bicyclic) bond motifs is 3. The van der Waals surface area contributed by atoms with E-state index in [1.165, 1.54) is 30.5 Å². The van der Waals surface area contributed by atoms with Gasteiger partial charge >= 0.3 is 6.01 Å². The fourth-order valence-electron chi connectivity index (χ4n) is 7.32. The van der Waals surface area contributed by atoms with Crippen LogP contribution in [0.4, 0.5) is 19.0 Å². The second-order valence-corrected chi connectivity index (χ2v) is 12.7. The first-order chi connectivity index (χ1) is 21.6. The molecule has 8 nitrogen and oxygen atoms in total. The van der Waals surface area contributed by atoms with Gasteiger partial charge in [0.2, 0.25) is 0 Å². The third-order valence-corrected chi connectivity index (χ3v) is 9.38. The maximum absolute atomic E-state index is 16.7. The Morgan fingerprint density at radius 3 is 2.76 bits per heavy atom. The summed E-state index contributed by atoms with van der Waals surface area (Å²) in [6.07, 6.45) is 11.4. The first kappa shape index (κ1) is 29.3. The summed E-state index contributed by atoms with van der Waals surface area (Å²) in [6, 6.07) is 5.31. The lowest BCUT2D eigenvalue weighted by Crippen LogP contribution is -2.46. The Bertz CT molecular complexity index is 1920. The number of aliphatic hydroxyl groups is 1. The van der Waals surface area contributed by atoms with Crippen LogP contribution in [0.5, 0.6) is 11.8 Å². The van der Waals surface area contributed by atoms with Crippen molar-refractivity contribution in [3.05, 3.63) is 59.6 Å². The number of rotatable bonds is 5. The number of β-amino-alcohol motifs (C(OH)–C–C–N with tert-alkyl or cyclic N) is 1. The van der Waals surface area contributed by atoms with Crippen LogP contribution in [0.3, 0.4) is 0 Å². The minimum atomic E-state index is -0.985. The largest absolute Gasteiger partial charge is 0.508 e. The monoisotopic (exact) mass is 615 g/mol. The van der Waals surface area contributed by atoms with E-state index in [1.54, 1.807) is 6.92 Å². The van der Waals surface area contributed by atoms with E-state index in [4.69, 9.17) is 16.1 Å². The fraction of sp³-hybridized carbons (Fsp3) is 0.382. The number of anilines is 1. The topological polar surface area (TPSA) is 94.8 Å². The number of ether oxygens (including phenoxy) is 1. The van der Waals surface area contributed by atoms with Crippen molar-refractivity contribution in [2.24, 2.45) is 0 Å². The lowest BCUT2D eigenvalue weighted by molar-refractivity contribution is 0.0447. The van der Waals surface area contributed by atoms with Crippen molar-refractivity contribution in [2.75, 3.05) is 37.7 Å². The summed E-state index contributed by atoms with van der Waals surface area (Å²) in [5.74, 6) is 1.05. The quantitative estimate of drug-likeness (QED) is 0.279. The van der Waals surface area contributed by atoms with E-state index in [2.05, 4.69) is 20.8 Å². The molecule has 45 heavy (non-hydrogen) atoms. The molecular weight excluding hydrogens is 583 g/mol. The normalized spacial score (nSPS) is 24.4. The van der Waals surface area contributed by atoms with E-state index >= 15 is 4.39 Å². The van der Waals surface area contributed by atoms with Crippen LogP contribution in [-0.2, 0) is 0 Å². The Labute approximate surface area is 258 Å². The lowest BCUT2D eigenvalue weighted by atomic mass is 9.94. The number of phenols is 1. The van der Waals surface area contributed by atoms with E-state index in [1.807, 2.05) is 4.90 Å². The molecule has 5 heterocycles. The summed E-state index contributed by atoms with van der Waals surface area (Å²) < 4.78 is 51.2. The van der Waals surface area contributed by atoms with Gasteiger partial charge in [-0.25, -0.2) is 13.2 Å². The highest BCUT2D eigenvalue weighted by Crippen LogP contribution is 2.43. The van der Waals surface area contributed by atoms with Crippen LogP contribution in [0.2, 0.25) is 0 Å². The molecule has 2 aromatic heterocycles.